The van der Waals surface area contributed by atoms with Crippen LogP contribution in [-0.4, -0.2) is 22.6 Å². The van der Waals surface area contributed by atoms with Crippen LogP contribution in [0.3, 0.4) is 0 Å². The topological polar surface area (TPSA) is 37.3 Å². The van der Waals surface area contributed by atoms with Crippen LogP contribution in [0, 0.1) is 0 Å². The molecule has 1 rings (SSSR count). The summed E-state index contributed by atoms with van der Waals surface area (Å²) in [4.78, 5) is 10.1. The molecule has 1 N–H and O–H groups in total. The second-order valence-corrected chi connectivity index (χ2v) is 4.18. The Balaban J connectivity index is 2.16. The average Bonchev–Trinajstić information content (AvgIpc) is 2.55. The van der Waals surface area contributed by atoms with E-state index in [0.29, 0.717) is 0 Å². The molecule has 0 aliphatic heterocycles. The summed E-state index contributed by atoms with van der Waals surface area (Å²) < 4.78 is 0. The Morgan fingerprint density at radius 2 is 2.54 bits per heavy atom. The highest BCUT2D eigenvalue weighted by Gasteiger charge is 1.93. The van der Waals surface area contributed by atoms with E-state index >= 15 is 0 Å². The number of thiophene rings is 1. The minimum atomic E-state index is -0.756. The molecule has 0 amide bonds. The van der Waals surface area contributed by atoms with Crippen LogP contribution >= 0.6 is 23.1 Å². The van der Waals surface area contributed by atoms with Crippen molar-refractivity contribution in [3.63, 3.8) is 0 Å². The number of aliphatic carboxylic acids is 1. The zero-order chi connectivity index (χ0) is 9.52. The first-order chi connectivity index (χ1) is 6.29. The fourth-order valence-electron chi connectivity index (χ4n) is 0.768. The van der Waals surface area contributed by atoms with Gasteiger partial charge in [0.05, 0.1) is 5.75 Å². The van der Waals surface area contributed by atoms with Crippen LogP contribution in [0.4, 0.5) is 0 Å². The molecule has 2 nitrogen and oxygen atoms in total. The SMILES string of the molecule is O=C(O)CSC/C=C/c1ccsc1. The maximum absolute atomic E-state index is 10.1. The normalized spacial score (nSPS) is 10.8. The number of hydrogen-bond acceptors (Lipinski definition) is 3. The molecule has 0 saturated heterocycles. The van der Waals surface area contributed by atoms with E-state index in [2.05, 4.69) is 5.38 Å². The molecule has 1 heterocycles. The summed E-state index contributed by atoms with van der Waals surface area (Å²) in [5, 5.41) is 12.4. The van der Waals surface area contributed by atoms with Gasteiger partial charge in [0, 0.05) is 5.75 Å². The molecule has 0 fully saturated rings. The Hall–Kier alpha value is -0.740. The van der Waals surface area contributed by atoms with Crippen molar-refractivity contribution in [2.24, 2.45) is 0 Å². The van der Waals surface area contributed by atoms with Gasteiger partial charge in [-0.1, -0.05) is 12.2 Å². The maximum Gasteiger partial charge on any atom is 0.313 e. The van der Waals surface area contributed by atoms with Crippen LogP contribution < -0.4 is 0 Å². The van der Waals surface area contributed by atoms with Crippen LogP contribution in [-0.2, 0) is 4.79 Å². The monoisotopic (exact) mass is 214 g/mol. The highest BCUT2D eigenvalue weighted by atomic mass is 32.2. The molecule has 13 heavy (non-hydrogen) atoms. The van der Waals surface area contributed by atoms with Gasteiger partial charge in [0.15, 0.2) is 0 Å². The van der Waals surface area contributed by atoms with Gasteiger partial charge in [-0.25, -0.2) is 0 Å². The average molecular weight is 214 g/mol. The molecule has 0 aliphatic carbocycles. The Morgan fingerprint density at radius 1 is 1.69 bits per heavy atom. The van der Waals surface area contributed by atoms with E-state index in [1.54, 1.807) is 11.3 Å². The Kier molecular flexibility index (Phi) is 4.64. The van der Waals surface area contributed by atoms with Crippen LogP contribution in [0.5, 0.6) is 0 Å². The summed E-state index contributed by atoms with van der Waals surface area (Å²) in [6, 6.07) is 2.03. The predicted molar refractivity (Wildman–Crippen MR) is 58.3 cm³/mol. The molecule has 0 saturated carbocycles. The minimum Gasteiger partial charge on any atom is -0.481 e. The molecular weight excluding hydrogens is 204 g/mol. The van der Waals surface area contributed by atoms with Crippen LogP contribution in [0.2, 0.25) is 0 Å². The van der Waals surface area contributed by atoms with Crippen molar-refractivity contribution in [3.05, 3.63) is 28.5 Å². The lowest BCUT2D eigenvalue weighted by Gasteiger charge is -1.90. The standard InChI is InChI=1S/C9H10O2S2/c10-9(11)7-12-4-1-2-8-3-5-13-6-8/h1-3,5-6H,4,7H2,(H,10,11)/b2-1+. The summed E-state index contributed by atoms with van der Waals surface area (Å²) in [5.74, 6) is 0.171. The molecule has 1 aromatic heterocycles. The van der Waals surface area contributed by atoms with Crippen molar-refractivity contribution < 1.29 is 9.90 Å². The van der Waals surface area contributed by atoms with Crippen molar-refractivity contribution in [1.29, 1.82) is 0 Å². The van der Waals surface area contributed by atoms with Gasteiger partial charge < -0.3 is 5.11 Å². The number of rotatable bonds is 5. The summed E-state index contributed by atoms with van der Waals surface area (Å²) >= 11 is 3.06. The molecular formula is C9H10O2S2. The number of carboxylic acid groups (broad SMARTS) is 1. The second-order valence-electron chi connectivity index (χ2n) is 2.37. The first-order valence-electron chi connectivity index (χ1n) is 3.77. The van der Waals surface area contributed by atoms with Crippen molar-refractivity contribution in [3.8, 4) is 0 Å². The lowest BCUT2D eigenvalue weighted by molar-refractivity contribution is -0.133. The van der Waals surface area contributed by atoms with Crippen LogP contribution in [0.25, 0.3) is 6.08 Å². The molecule has 4 heteroatoms. The summed E-state index contributed by atoms with van der Waals surface area (Å²) in [6.07, 6.45) is 3.99. The zero-order valence-electron chi connectivity index (χ0n) is 6.97. The van der Waals surface area contributed by atoms with Crippen LogP contribution in [0.1, 0.15) is 5.56 Å². The first kappa shape index (κ1) is 10.3. The molecule has 0 spiro atoms. The highest BCUT2D eigenvalue weighted by Crippen LogP contribution is 2.08. The third-order valence-corrected chi connectivity index (χ3v) is 2.87. The fourth-order valence-corrected chi connectivity index (χ4v) is 1.92. The Morgan fingerprint density at radius 3 is 3.15 bits per heavy atom. The third kappa shape index (κ3) is 4.75. The van der Waals surface area contributed by atoms with E-state index in [0.717, 1.165) is 5.75 Å². The second kappa shape index (κ2) is 5.83. The van der Waals surface area contributed by atoms with Crippen molar-refractivity contribution in [2.45, 2.75) is 0 Å². The Labute approximate surface area is 85.3 Å². The third-order valence-electron chi connectivity index (χ3n) is 1.29. The van der Waals surface area contributed by atoms with Crippen molar-refractivity contribution in [1.82, 2.24) is 0 Å². The Bertz CT molecular complexity index is 278. The van der Waals surface area contributed by atoms with Gasteiger partial charge in [0.25, 0.3) is 0 Å². The van der Waals surface area contributed by atoms with E-state index in [1.165, 1.54) is 17.3 Å². The maximum atomic E-state index is 10.1. The molecule has 1 aromatic rings. The quantitative estimate of drug-likeness (QED) is 0.765. The van der Waals surface area contributed by atoms with Crippen molar-refractivity contribution >= 4 is 35.1 Å². The van der Waals surface area contributed by atoms with Gasteiger partial charge in [-0.3, -0.25) is 4.79 Å². The van der Waals surface area contributed by atoms with E-state index in [4.69, 9.17) is 5.11 Å². The first-order valence-corrected chi connectivity index (χ1v) is 5.87. The molecule has 0 bridgehead atoms. The number of hydrogen-bond donors (Lipinski definition) is 1. The molecule has 0 aromatic carbocycles. The molecule has 70 valence electrons. The van der Waals surface area contributed by atoms with Gasteiger partial charge >= 0.3 is 5.97 Å². The number of carbonyl (C=O) groups is 1. The minimum absolute atomic E-state index is 0.175. The molecule has 0 aliphatic rings. The number of carboxylic acids is 1. The fraction of sp³-hybridized carbons (Fsp3) is 0.222. The summed E-state index contributed by atoms with van der Waals surface area (Å²) in [6.45, 7) is 0. The van der Waals surface area contributed by atoms with E-state index < -0.39 is 5.97 Å². The highest BCUT2D eigenvalue weighted by molar-refractivity contribution is 8.00. The molecule has 0 radical (unpaired) electrons. The predicted octanol–water partition coefficient (Wildman–Crippen LogP) is 2.58. The van der Waals surface area contributed by atoms with Gasteiger partial charge in [0.1, 0.15) is 0 Å². The van der Waals surface area contributed by atoms with Crippen molar-refractivity contribution in [2.75, 3.05) is 11.5 Å². The summed E-state index contributed by atoms with van der Waals surface area (Å²) in [5.41, 5.74) is 1.18. The lowest BCUT2D eigenvalue weighted by Crippen LogP contribution is -1.97. The van der Waals surface area contributed by atoms with Gasteiger partial charge in [-0.05, 0) is 22.4 Å². The zero-order valence-corrected chi connectivity index (χ0v) is 8.61. The summed E-state index contributed by atoms with van der Waals surface area (Å²) in [7, 11) is 0. The smallest absolute Gasteiger partial charge is 0.313 e. The molecule has 0 atom stereocenters. The van der Waals surface area contributed by atoms with E-state index in [9.17, 15) is 4.79 Å². The molecule has 0 unspecified atom stereocenters. The van der Waals surface area contributed by atoms with E-state index in [-0.39, 0.29) is 5.75 Å². The van der Waals surface area contributed by atoms with E-state index in [1.807, 2.05) is 23.6 Å². The van der Waals surface area contributed by atoms with Gasteiger partial charge in [0.2, 0.25) is 0 Å². The number of thioether (sulfide) groups is 1. The van der Waals surface area contributed by atoms with Gasteiger partial charge in [-0.2, -0.15) is 11.3 Å². The van der Waals surface area contributed by atoms with Gasteiger partial charge in [-0.15, -0.1) is 11.8 Å². The lowest BCUT2D eigenvalue weighted by atomic mass is 10.3. The van der Waals surface area contributed by atoms with Crippen LogP contribution in [0.15, 0.2) is 22.9 Å². The largest absolute Gasteiger partial charge is 0.481 e.